The molecule has 0 amide bonds. The highest BCUT2D eigenvalue weighted by molar-refractivity contribution is 6.03. The normalized spacial score (nSPS) is 16.1. The Bertz CT molecular complexity index is 3240. The van der Waals surface area contributed by atoms with Crippen molar-refractivity contribution in [3.63, 3.8) is 0 Å². The third-order valence-electron chi connectivity index (χ3n) is 13.0. The molecule has 0 saturated carbocycles. The van der Waals surface area contributed by atoms with Crippen LogP contribution in [0.1, 0.15) is 39.2 Å². The smallest absolute Gasteiger partial charge is 0.336 e. The molecule has 0 aliphatic carbocycles. The van der Waals surface area contributed by atoms with Crippen molar-refractivity contribution in [3.05, 3.63) is 197 Å². The monoisotopic (exact) mass is 724 g/mol. The second-order valence-corrected chi connectivity index (χ2v) is 15.8. The van der Waals surface area contributed by atoms with Gasteiger partial charge in [0.2, 0.25) is 23.8 Å². The van der Waals surface area contributed by atoms with Crippen LogP contribution < -0.4 is 13.9 Å². The van der Waals surface area contributed by atoms with Gasteiger partial charge in [-0.15, -0.1) is 9.36 Å². The number of pyridine rings is 1. The Kier molecular flexibility index (Phi) is 5.87. The van der Waals surface area contributed by atoms with Gasteiger partial charge in [-0.05, 0) is 69.0 Å². The molecule has 0 radical (unpaired) electrons. The van der Waals surface area contributed by atoms with E-state index in [9.17, 15) is 0 Å². The fourth-order valence-electron chi connectivity index (χ4n) is 10.5. The first kappa shape index (κ1) is 30.3. The molecule has 266 valence electrons. The molecule has 0 atom stereocenters. The molecule has 10 aromatic rings. The highest BCUT2D eigenvalue weighted by atomic mass is 15.6. The lowest BCUT2D eigenvalue weighted by Gasteiger charge is -2.35. The number of para-hydroxylation sites is 4. The molecule has 0 fully saturated rings. The van der Waals surface area contributed by atoms with E-state index in [1.165, 1.54) is 88.4 Å². The van der Waals surface area contributed by atoms with Crippen molar-refractivity contribution < 1.29 is 13.9 Å². The lowest BCUT2D eigenvalue weighted by atomic mass is 9.78. The Labute approximate surface area is 323 Å². The maximum Gasteiger partial charge on any atom is 0.458 e. The van der Waals surface area contributed by atoms with Gasteiger partial charge in [0, 0.05) is 57.5 Å². The fourth-order valence-corrected chi connectivity index (χ4v) is 10.5. The van der Waals surface area contributed by atoms with E-state index in [0.717, 1.165) is 26.2 Å². The second-order valence-electron chi connectivity index (χ2n) is 15.8. The predicted octanol–water partition coefficient (Wildman–Crippen LogP) is 7.53. The molecule has 0 unspecified atom stereocenters. The molecule has 3 aliphatic rings. The number of rotatable bonds is 1. The molecule has 0 spiro atoms. The average Bonchev–Trinajstić information content (AvgIpc) is 3.99. The minimum Gasteiger partial charge on any atom is -0.336 e. The van der Waals surface area contributed by atoms with E-state index >= 15 is 0 Å². The quantitative estimate of drug-likeness (QED) is 0.157. The van der Waals surface area contributed by atoms with Gasteiger partial charge in [0.15, 0.2) is 0 Å². The maximum atomic E-state index is 2.58. The van der Waals surface area contributed by atoms with Crippen molar-refractivity contribution in [2.75, 3.05) is 0 Å². The molecular weight excluding hydrogens is 687 g/mol. The Balaban J connectivity index is 1.27. The largest absolute Gasteiger partial charge is 0.458 e. The topological polar surface area (TPSA) is 31.4 Å². The minimum absolute atomic E-state index is 0.755. The van der Waals surface area contributed by atoms with Crippen LogP contribution in [0.5, 0.6) is 0 Å². The molecule has 0 saturated heterocycles. The van der Waals surface area contributed by atoms with Gasteiger partial charge < -0.3 is 9.13 Å². The summed E-state index contributed by atoms with van der Waals surface area (Å²) in [6, 6.07) is 49.5. The van der Waals surface area contributed by atoms with Crippen LogP contribution in [0.25, 0.3) is 55.3 Å². The van der Waals surface area contributed by atoms with E-state index in [1.54, 1.807) is 0 Å². The van der Waals surface area contributed by atoms with Gasteiger partial charge in [0.25, 0.3) is 0 Å². The summed E-state index contributed by atoms with van der Waals surface area (Å²) >= 11 is 0. The van der Waals surface area contributed by atoms with Gasteiger partial charge >= 0.3 is 5.66 Å². The number of benzene rings is 5. The molecular formula is C49H38N7+3. The summed E-state index contributed by atoms with van der Waals surface area (Å²) in [5.74, 6) is 0. The van der Waals surface area contributed by atoms with E-state index in [4.69, 9.17) is 0 Å². The number of hydrogen-bond donors (Lipinski definition) is 0. The first-order chi connectivity index (χ1) is 27.6. The first-order valence-corrected chi connectivity index (χ1v) is 19.6. The van der Waals surface area contributed by atoms with Crippen molar-refractivity contribution in [1.29, 1.82) is 0 Å². The van der Waals surface area contributed by atoms with Gasteiger partial charge in [0.05, 0.1) is 10.8 Å². The summed E-state index contributed by atoms with van der Waals surface area (Å²) < 4.78 is 17.5. The molecule has 0 N–H and O–H groups in total. The minimum atomic E-state index is -0.805. The fraction of sp³-hybridized carbons (Fsp3) is 0.122. The zero-order chi connectivity index (χ0) is 36.7. The first-order valence-electron chi connectivity index (χ1n) is 19.6. The molecule has 7 heteroatoms. The van der Waals surface area contributed by atoms with Crippen LogP contribution in [-0.4, -0.2) is 18.5 Å². The second kappa shape index (κ2) is 10.8. The maximum absolute atomic E-state index is 2.58. The van der Waals surface area contributed by atoms with Crippen molar-refractivity contribution in [2.24, 2.45) is 7.05 Å². The van der Waals surface area contributed by atoms with Crippen molar-refractivity contribution in [1.82, 2.24) is 18.5 Å². The molecule has 13 rings (SSSR count). The van der Waals surface area contributed by atoms with Gasteiger partial charge in [0.1, 0.15) is 55.4 Å². The van der Waals surface area contributed by atoms with E-state index in [0.29, 0.717) is 0 Å². The Hall–Kier alpha value is -6.99. The van der Waals surface area contributed by atoms with Crippen LogP contribution >= 0.6 is 0 Å². The van der Waals surface area contributed by atoms with E-state index in [-0.39, 0.29) is 0 Å². The van der Waals surface area contributed by atoms with E-state index in [2.05, 4.69) is 204 Å². The van der Waals surface area contributed by atoms with Crippen LogP contribution in [0.3, 0.4) is 0 Å². The number of hydrogen-bond acceptors (Lipinski definition) is 0. The van der Waals surface area contributed by atoms with Crippen LogP contribution in [0.4, 0.5) is 0 Å². The predicted molar refractivity (Wildman–Crippen MR) is 219 cm³/mol. The van der Waals surface area contributed by atoms with Crippen LogP contribution in [0.15, 0.2) is 158 Å². The number of aromatic nitrogens is 7. The summed E-state index contributed by atoms with van der Waals surface area (Å²) in [5.41, 5.74) is 14.4. The standard InChI is InChI=1S/C49H38N7/c1-50-38-16-11-17-39(50)31-52-32-42(41-19-5-9-23-47(41)52)43(24-37-25-51(30-38)46-22-8-4-18-40(37)46)49-48-35(26-53-44-20-6-2-12-33(44)28-55(49)53)14-10-15-36(48)27-54-45-21-7-3-13-34(45)29-56(49)54/h2-25,28-29,32H,26-27,30-31H2,1H3/q+3/b43-24+. The molecule has 7 nitrogen and oxygen atoms in total. The molecule has 5 aromatic heterocycles. The van der Waals surface area contributed by atoms with E-state index in [1.807, 2.05) is 0 Å². The van der Waals surface area contributed by atoms with Gasteiger partial charge in [-0.25, -0.2) is 0 Å². The van der Waals surface area contributed by atoms with Crippen molar-refractivity contribution in [2.45, 2.75) is 31.8 Å². The Morgan fingerprint density at radius 3 is 1.66 bits per heavy atom. The zero-order valence-corrected chi connectivity index (χ0v) is 31.0. The van der Waals surface area contributed by atoms with Crippen LogP contribution in [0, 0.1) is 0 Å². The summed E-state index contributed by atoms with van der Waals surface area (Å²) in [4.78, 5) is 0. The summed E-state index contributed by atoms with van der Waals surface area (Å²) in [6.07, 6.45) is 12.2. The summed E-state index contributed by atoms with van der Waals surface area (Å²) in [7, 11) is 2.22. The summed E-state index contributed by atoms with van der Waals surface area (Å²) in [5, 5.41) is 4.95. The molecule has 6 bridgehead atoms. The lowest BCUT2D eigenvalue weighted by Crippen LogP contribution is -2.82. The summed E-state index contributed by atoms with van der Waals surface area (Å²) in [6.45, 7) is 3.11. The lowest BCUT2D eigenvalue weighted by molar-refractivity contribution is -1.03. The highest BCUT2D eigenvalue weighted by Gasteiger charge is 2.67. The molecule has 3 aliphatic heterocycles. The number of fused-ring (bicyclic) bond motifs is 20. The number of nitrogens with zero attached hydrogens (tertiary/aromatic N) is 7. The Morgan fingerprint density at radius 2 is 1.02 bits per heavy atom. The van der Waals surface area contributed by atoms with Crippen molar-refractivity contribution in [3.8, 4) is 0 Å². The van der Waals surface area contributed by atoms with E-state index < -0.39 is 5.66 Å². The van der Waals surface area contributed by atoms with Crippen molar-refractivity contribution >= 4 is 55.3 Å². The molecule has 5 aromatic carbocycles. The van der Waals surface area contributed by atoms with Gasteiger partial charge in [-0.3, -0.25) is 0 Å². The van der Waals surface area contributed by atoms with Crippen LogP contribution in [-0.2, 0) is 38.9 Å². The SMILES string of the molecule is C[n+]1c2cccc1Cn1cc(c3ccccc31)/C(C13c4c(cccc4Cn4c5ccccc5c[n+]41)Cn1c4ccccc4c[n+]13)=C\c1cn(c3ccccc13)C2. The molecule has 8 heterocycles. The Morgan fingerprint density at radius 1 is 0.500 bits per heavy atom. The van der Waals surface area contributed by atoms with Gasteiger partial charge in [-0.2, -0.15) is 4.57 Å². The highest BCUT2D eigenvalue weighted by Crippen LogP contribution is 2.46. The molecule has 56 heavy (non-hydrogen) atoms. The van der Waals surface area contributed by atoms with Crippen LogP contribution in [0.2, 0.25) is 0 Å². The van der Waals surface area contributed by atoms with Gasteiger partial charge in [-0.1, -0.05) is 78.9 Å². The zero-order valence-electron chi connectivity index (χ0n) is 31.0. The average molecular weight is 725 g/mol. The number of allylic oxidation sites excluding steroid dienone is 1. The third-order valence-corrected chi connectivity index (χ3v) is 13.0. The third kappa shape index (κ3) is 3.84.